The summed E-state index contributed by atoms with van der Waals surface area (Å²) in [7, 11) is 1.33. The molecule has 0 aromatic heterocycles. The van der Waals surface area contributed by atoms with Crippen LogP contribution in [0.4, 0.5) is 0 Å². The summed E-state index contributed by atoms with van der Waals surface area (Å²) in [6, 6.07) is 49.5. The molecule has 0 radical (unpaired) electrons. The van der Waals surface area contributed by atoms with Crippen LogP contribution in [0.25, 0.3) is 33.4 Å². The van der Waals surface area contributed by atoms with Crippen LogP contribution < -0.4 is 0 Å². The first-order valence-electron chi connectivity index (χ1n) is 17.8. The molecule has 9 nitrogen and oxygen atoms in total. The third kappa shape index (κ3) is 8.55. The number of aliphatic hydroxyl groups excluding tert-OH is 1. The highest BCUT2D eigenvalue weighted by molar-refractivity contribution is 5.92. The van der Waals surface area contributed by atoms with Crippen molar-refractivity contribution in [3.8, 4) is 33.4 Å². The molecule has 0 aliphatic carbocycles. The molecule has 55 heavy (non-hydrogen) atoms. The molecule has 0 bridgehead atoms. The maximum absolute atomic E-state index is 13.9. The largest absolute Gasteiger partial charge is 0.452 e. The predicted octanol–water partition coefficient (Wildman–Crippen LogP) is 8.03. The molecule has 1 aliphatic rings. The zero-order valence-corrected chi connectivity index (χ0v) is 29.9. The molecule has 0 spiro atoms. The van der Waals surface area contributed by atoms with E-state index in [9.17, 15) is 19.5 Å². The Bertz CT molecular complexity index is 2080. The van der Waals surface area contributed by atoms with E-state index in [4.69, 9.17) is 23.7 Å². The second kappa shape index (κ2) is 17.2. The minimum absolute atomic E-state index is 0.198. The molecule has 1 saturated heterocycles. The average molecular weight is 735 g/mol. The van der Waals surface area contributed by atoms with E-state index >= 15 is 0 Å². The van der Waals surface area contributed by atoms with Gasteiger partial charge >= 0.3 is 17.9 Å². The molecule has 1 N–H and O–H groups in total. The van der Waals surface area contributed by atoms with Gasteiger partial charge in [-0.05, 0) is 69.8 Å². The van der Waals surface area contributed by atoms with Gasteiger partial charge in [0.2, 0.25) is 0 Å². The van der Waals surface area contributed by atoms with Crippen LogP contribution in [0.15, 0.2) is 164 Å². The Labute approximate surface area is 318 Å². The topological polar surface area (TPSA) is 118 Å². The normalized spacial score (nSPS) is 19.2. The van der Waals surface area contributed by atoms with Gasteiger partial charge < -0.3 is 28.8 Å². The van der Waals surface area contributed by atoms with Gasteiger partial charge in [0, 0.05) is 7.11 Å². The smallest absolute Gasteiger partial charge is 0.338 e. The summed E-state index contributed by atoms with van der Waals surface area (Å²) in [6.45, 7) is -0.633. The molecule has 1 fully saturated rings. The van der Waals surface area contributed by atoms with E-state index in [2.05, 4.69) is 0 Å². The van der Waals surface area contributed by atoms with Gasteiger partial charge in [-0.15, -0.1) is 0 Å². The van der Waals surface area contributed by atoms with Crippen LogP contribution in [-0.2, 0) is 23.7 Å². The van der Waals surface area contributed by atoms with Gasteiger partial charge in [-0.25, -0.2) is 14.4 Å². The molecule has 6 aromatic rings. The van der Waals surface area contributed by atoms with Crippen molar-refractivity contribution in [2.24, 2.45) is 0 Å². The maximum atomic E-state index is 13.9. The van der Waals surface area contributed by atoms with Gasteiger partial charge in [-0.1, -0.05) is 127 Å². The molecule has 1 heterocycles. The predicted molar refractivity (Wildman–Crippen MR) is 206 cm³/mol. The number of benzene rings is 6. The summed E-state index contributed by atoms with van der Waals surface area (Å²) in [5.41, 5.74) is 6.20. The van der Waals surface area contributed by atoms with Crippen LogP contribution in [-0.4, -0.2) is 67.4 Å². The second-order valence-electron chi connectivity index (χ2n) is 12.9. The van der Waals surface area contributed by atoms with Crippen molar-refractivity contribution in [3.05, 3.63) is 180 Å². The fourth-order valence-corrected chi connectivity index (χ4v) is 6.48. The van der Waals surface area contributed by atoms with Crippen molar-refractivity contribution in [2.75, 3.05) is 13.7 Å². The number of carbonyl (C=O) groups is 3. The van der Waals surface area contributed by atoms with E-state index in [1.807, 2.05) is 91.0 Å². The number of ether oxygens (including phenoxy) is 5. The first-order valence-corrected chi connectivity index (χ1v) is 17.8. The minimum Gasteiger partial charge on any atom is -0.452 e. The monoisotopic (exact) mass is 734 g/mol. The molecule has 7 rings (SSSR count). The van der Waals surface area contributed by atoms with Crippen molar-refractivity contribution in [1.29, 1.82) is 0 Å². The quantitative estimate of drug-likeness (QED) is 0.104. The maximum Gasteiger partial charge on any atom is 0.338 e. The minimum atomic E-state index is -1.46. The first kappa shape index (κ1) is 36.9. The number of carbonyl (C=O) groups excluding carboxylic acids is 3. The summed E-state index contributed by atoms with van der Waals surface area (Å²) in [5, 5.41) is 10.5. The van der Waals surface area contributed by atoms with Gasteiger partial charge in [-0.2, -0.15) is 0 Å². The number of methoxy groups -OCH3 is 1. The van der Waals surface area contributed by atoms with E-state index in [0.717, 1.165) is 33.4 Å². The number of hydrogen-bond donors (Lipinski definition) is 1. The van der Waals surface area contributed by atoms with Gasteiger partial charge in [-0.3, -0.25) is 0 Å². The number of hydrogen-bond acceptors (Lipinski definition) is 9. The Morgan fingerprint density at radius 2 is 0.764 bits per heavy atom. The molecule has 1 aliphatic heterocycles. The summed E-state index contributed by atoms with van der Waals surface area (Å²) in [6.07, 6.45) is -6.81. The van der Waals surface area contributed by atoms with E-state index in [0.29, 0.717) is 0 Å². The fraction of sp³-hybridized carbons (Fsp3) is 0.152. The lowest BCUT2D eigenvalue weighted by atomic mass is 9.97. The Morgan fingerprint density at radius 1 is 0.455 bits per heavy atom. The highest BCUT2D eigenvalue weighted by Crippen LogP contribution is 2.32. The number of esters is 3. The van der Waals surface area contributed by atoms with Crippen LogP contribution >= 0.6 is 0 Å². The van der Waals surface area contributed by atoms with E-state index in [-0.39, 0.29) is 16.7 Å². The fourth-order valence-electron chi connectivity index (χ4n) is 6.48. The molecule has 0 amide bonds. The molecule has 0 saturated carbocycles. The highest BCUT2D eigenvalue weighted by atomic mass is 16.7. The molecule has 276 valence electrons. The van der Waals surface area contributed by atoms with Crippen LogP contribution in [0.3, 0.4) is 0 Å². The zero-order chi connectivity index (χ0) is 38.1. The van der Waals surface area contributed by atoms with Crippen LogP contribution in [0.1, 0.15) is 31.1 Å². The Kier molecular flexibility index (Phi) is 11.5. The number of aliphatic hydroxyl groups is 1. The zero-order valence-electron chi connectivity index (χ0n) is 29.9. The summed E-state index contributed by atoms with van der Waals surface area (Å²) in [4.78, 5) is 41.3. The van der Waals surface area contributed by atoms with Gasteiger partial charge in [0.1, 0.15) is 6.10 Å². The van der Waals surface area contributed by atoms with Crippen molar-refractivity contribution < 1.29 is 43.2 Å². The van der Waals surface area contributed by atoms with E-state index in [1.54, 1.807) is 72.8 Å². The third-order valence-corrected chi connectivity index (χ3v) is 9.42. The lowest BCUT2D eigenvalue weighted by molar-refractivity contribution is -0.292. The van der Waals surface area contributed by atoms with Crippen molar-refractivity contribution >= 4 is 17.9 Å². The summed E-state index contributed by atoms with van der Waals surface area (Å²) in [5.74, 6) is -2.30. The molecule has 0 unspecified atom stereocenters. The van der Waals surface area contributed by atoms with E-state index in [1.165, 1.54) is 7.11 Å². The van der Waals surface area contributed by atoms with Crippen LogP contribution in [0.5, 0.6) is 0 Å². The summed E-state index contributed by atoms with van der Waals surface area (Å²) < 4.78 is 29.6. The van der Waals surface area contributed by atoms with Gasteiger partial charge in [0.15, 0.2) is 24.6 Å². The average Bonchev–Trinajstić information content (AvgIpc) is 3.25. The van der Waals surface area contributed by atoms with Crippen molar-refractivity contribution in [1.82, 2.24) is 0 Å². The Balaban J connectivity index is 1.18. The lowest BCUT2D eigenvalue weighted by Gasteiger charge is -2.43. The van der Waals surface area contributed by atoms with E-state index < -0.39 is 55.2 Å². The third-order valence-electron chi connectivity index (χ3n) is 9.42. The highest BCUT2D eigenvalue weighted by Gasteiger charge is 2.52. The SMILES string of the molecule is CO[C@@H]1O[C@H](CO)[C@H](OC(=O)c2ccc(-c3ccccc3)cc2)[C@H](OC(=O)c2ccc(-c3ccccc3)cc2)[C@H]1OC(=O)c1ccc(-c2ccccc2)cc1. The lowest BCUT2D eigenvalue weighted by Crippen LogP contribution is -2.62. The Morgan fingerprint density at radius 3 is 1.09 bits per heavy atom. The van der Waals surface area contributed by atoms with Crippen molar-refractivity contribution in [2.45, 2.75) is 30.7 Å². The standard InChI is InChI=1S/C46H38O9/c1-51-46-42(55-45(50)38-27-21-35(22-28-38)32-15-9-4-10-16-32)41(54-44(49)37-25-19-34(20-26-37)31-13-7-3-8-14-31)40(39(29-47)52-46)53-43(48)36-23-17-33(18-24-36)30-11-5-2-6-12-30/h2-28,39-42,46-47H,29H2,1H3/t39-,40+,41+,42-,46-/m1/s1. The molecular weight excluding hydrogens is 696 g/mol. The van der Waals surface area contributed by atoms with Crippen LogP contribution in [0, 0.1) is 0 Å². The molecule has 5 atom stereocenters. The number of rotatable bonds is 11. The van der Waals surface area contributed by atoms with Crippen LogP contribution in [0.2, 0.25) is 0 Å². The Hall–Kier alpha value is -6.39. The molecular formula is C46H38O9. The van der Waals surface area contributed by atoms with Gasteiger partial charge in [0.05, 0.1) is 23.3 Å². The first-order chi connectivity index (χ1) is 26.9. The second-order valence-corrected chi connectivity index (χ2v) is 12.9. The van der Waals surface area contributed by atoms with Crippen molar-refractivity contribution in [3.63, 3.8) is 0 Å². The van der Waals surface area contributed by atoms with Gasteiger partial charge in [0.25, 0.3) is 0 Å². The summed E-state index contributed by atoms with van der Waals surface area (Å²) >= 11 is 0. The molecule has 9 heteroatoms. The molecule has 6 aromatic carbocycles.